The minimum atomic E-state index is -1.29. The first-order chi connectivity index (χ1) is 9.52. The molecular formula is C14H14N2O4. The molecule has 0 saturated heterocycles. The number of hydrogen-bond acceptors (Lipinski definition) is 4. The number of nitrogens with one attached hydrogen (secondary N) is 1. The molecule has 2 aromatic rings. The first-order valence-electron chi connectivity index (χ1n) is 6.00. The van der Waals surface area contributed by atoms with E-state index in [1.165, 1.54) is 19.4 Å². The fraction of sp³-hybridized carbons (Fsp3) is 0.214. The van der Waals surface area contributed by atoms with Crippen molar-refractivity contribution in [1.82, 2.24) is 5.16 Å². The highest BCUT2D eigenvalue weighted by molar-refractivity contribution is 5.96. The molecule has 0 aliphatic heterocycles. The third-order valence-electron chi connectivity index (χ3n) is 3.11. The summed E-state index contributed by atoms with van der Waals surface area (Å²) in [5.41, 5.74) is -0.313. The van der Waals surface area contributed by atoms with E-state index in [2.05, 4.69) is 15.0 Å². The van der Waals surface area contributed by atoms with E-state index in [9.17, 15) is 14.7 Å². The van der Waals surface area contributed by atoms with E-state index in [0.717, 1.165) is 0 Å². The van der Waals surface area contributed by atoms with Crippen molar-refractivity contribution in [2.24, 2.45) is 0 Å². The van der Waals surface area contributed by atoms with Gasteiger partial charge >= 0.3 is 5.97 Å². The van der Waals surface area contributed by atoms with Crippen LogP contribution in [-0.4, -0.2) is 22.1 Å². The first kappa shape index (κ1) is 13.8. The zero-order chi connectivity index (χ0) is 14.6. The van der Waals surface area contributed by atoms with Gasteiger partial charge in [0.05, 0.1) is 11.6 Å². The lowest BCUT2D eigenvalue weighted by Gasteiger charge is -2.24. The van der Waals surface area contributed by atoms with E-state index in [0.29, 0.717) is 11.3 Å². The SMILES string of the molecule is CC(CC(=O)Nc1cnoc1)(C(=O)O)c1ccccc1. The Morgan fingerprint density at radius 3 is 2.60 bits per heavy atom. The Labute approximate surface area is 115 Å². The number of carboxylic acid groups (broad SMARTS) is 1. The van der Waals surface area contributed by atoms with Crippen LogP contribution in [0, 0.1) is 0 Å². The van der Waals surface area contributed by atoms with Gasteiger partial charge in [-0.3, -0.25) is 9.59 Å². The molecule has 2 N–H and O–H groups in total. The molecule has 0 aliphatic carbocycles. The number of carboxylic acids is 1. The summed E-state index contributed by atoms with van der Waals surface area (Å²) in [7, 11) is 0. The van der Waals surface area contributed by atoms with E-state index >= 15 is 0 Å². The van der Waals surface area contributed by atoms with Crippen LogP contribution in [0.3, 0.4) is 0 Å². The Hall–Kier alpha value is -2.63. The summed E-state index contributed by atoms with van der Waals surface area (Å²) in [4.78, 5) is 23.5. The van der Waals surface area contributed by atoms with Crippen LogP contribution in [0.2, 0.25) is 0 Å². The largest absolute Gasteiger partial charge is 0.481 e. The maximum Gasteiger partial charge on any atom is 0.314 e. The van der Waals surface area contributed by atoms with Crippen LogP contribution in [0.25, 0.3) is 0 Å². The molecule has 1 heterocycles. The van der Waals surface area contributed by atoms with E-state index in [1.54, 1.807) is 30.3 Å². The number of nitrogens with zero attached hydrogens (tertiary/aromatic N) is 1. The van der Waals surface area contributed by atoms with E-state index in [4.69, 9.17) is 0 Å². The Morgan fingerprint density at radius 2 is 2.05 bits per heavy atom. The van der Waals surface area contributed by atoms with Gasteiger partial charge in [-0.15, -0.1) is 0 Å². The van der Waals surface area contributed by atoms with Crippen molar-refractivity contribution in [3.8, 4) is 0 Å². The van der Waals surface area contributed by atoms with Crippen LogP contribution < -0.4 is 5.32 Å². The fourth-order valence-electron chi connectivity index (χ4n) is 1.90. The lowest BCUT2D eigenvalue weighted by Crippen LogP contribution is -2.36. The molecule has 6 nitrogen and oxygen atoms in total. The molecule has 0 spiro atoms. The van der Waals surface area contributed by atoms with Gasteiger partial charge in [-0.1, -0.05) is 35.5 Å². The molecular weight excluding hydrogens is 260 g/mol. The molecule has 0 fully saturated rings. The topological polar surface area (TPSA) is 92.4 Å². The van der Waals surface area contributed by atoms with E-state index in [-0.39, 0.29) is 6.42 Å². The van der Waals surface area contributed by atoms with Gasteiger partial charge in [0.2, 0.25) is 5.91 Å². The number of benzene rings is 1. The van der Waals surface area contributed by atoms with Crippen LogP contribution in [-0.2, 0) is 15.0 Å². The first-order valence-corrected chi connectivity index (χ1v) is 6.00. The lowest BCUT2D eigenvalue weighted by molar-refractivity contribution is -0.145. The number of anilines is 1. The van der Waals surface area contributed by atoms with Crippen molar-refractivity contribution in [2.75, 3.05) is 5.32 Å². The molecule has 20 heavy (non-hydrogen) atoms. The second-order valence-corrected chi connectivity index (χ2v) is 4.64. The van der Waals surface area contributed by atoms with Crippen molar-refractivity contribution in [3.63, 3.8) is 0 Å². The van der Waals surface area contributed by atoms with Gasteiger partial charge in [-0.05, 0) is 12.5 Å². The summed E-state index contributed by atoms with van der Waals surface area (Å²) in [6.45, 7) is 1.53. The normalized spacial score (nSPS) is 13.4. The smallest absolute Gasteiger partial charge is 0.314 e. The highest BCUT2D eigenvalue weighted by Crippen LogP contribution is 2.28. The lowest BCUT2D eigenvalue weighted by atomic mass is 9.79. The molecule has 2 rings (SSSR count). The number of rotatable bonds is 5. The summed E-state index contributed by atoms with van der Waals surface area (Å²) in [6.07, 6.45) is 2.44. The van der Waals surface area contributed by atoms with Gasteiger partial charge in [0, 0.05) is 6.42 Å². The van der Waals surface area contributed by atoms with Gasteiger partial charge in [-0.2, -0.15) is 0 Å². The van der Waals surface area contributed by atoms with Gasteiger partial charge in [-0.25, -0.2) is 0 Å². The van der Waals surface area contributed by atoms with Crippen molar-refractivity contribution < 1.29 is 19.2 Å². The number of hydrogen-bond donors (Lipinski definition) is 2. The average Bonchev–Trinajstić information content (AvgIpc) is 2.92. The zero-order valence-electron chi connectivity index (χ0n) is 10.9. The van der Waals surface area contributed by atoms with Crippen molar-refractivity contribution in [3.05, 3.63) is 48.4 Å². The predicted octanol–water partition coefficient (Wildman–Crippen LogP) is 2.05. The van der Waals surface area contributed by atoms with Crippen LogP contribution in [0.5, 0.6) is 0 Å². The van der Waals surface area contributed by atoms with Crippen molar-refractivity contribution in [2.45, 2.75) is 18.8 Å². The molecule has 0 radical (unpaired) electrons. The van der Waals surface area contributed by atoms with E-state index < -0.39 is 17.3 Å². The predicted molar refractivity (Wildman–Crippen MR) is 71.2 cm³/mol. The van der Waals surface area contributed by atoms with E-state index in [1.807, 2.05) is 0 Å². The second-order valence-electron chi connectivity index (χ2n) is 4.64. The number of amides is 1. The summed E-state index contributed by atoms with van der Waals surface area (Å²) in [5.74, 6) is -1.47. The molecule has 1 aromatic heterocycles. The Kier molecular flexibility index (Phi) is 3.84. The van der Waals surface area contributed by atoms with Crippen molar-refractivity contribution in [1.29, 1.82) is 0 Å². The number of carbonyl (C=O) groups excluding carboxylic acids is 1. The van der Waals surface area contributed by atoms with Crippen LogP contribution in [0.1, 0.15) is 18.9 Å². The quantitative estimate of drug-likeness (QED) is 0.870. The molecule has 1 amide bonds. The van der Waals surface area contributed by atoms with Gasteiger partial charge in [0.15, 0.2) is 0 Å². The minimum Gasteiger partial charge on any atom is -0.481 e. The Balaban J connectivity index is 2.18. The summed E-state index contributed by atoms with van der Waals surface area (Å²) < 4.78 is 4.60. The number of aromatic nitrogens is 1. The van der Waals surface area contributed by atoms with Gasteiger partial charge in [0.1, 0.15) is 12.0 Å². The third-order valence-corrected chi connectivity index (χ3v) is 3.11. The number of aliphatic carboxylic acids is 1. The molecule has 0 saturated carbocycles. The van der Waals surface area contributed by atoms with Gasteiger partial charge < -0.3 is 14.9 Å². The highest BCUT2D eigenvalue weighted by atomic mass is 16.5. The maximum atomic E-state index is 12.0. The molecule has 1 aromatic carbocycles. The number of carbonyl (C=O) groups is 2. The molecule has 0 aliphatic rings. The summed E-state index contributed by atoms with van der Waals surface area (Å²) in [5, 5.41) is 15.5. The Morgan fingerprint density at radius 1 is 1.35 bits per heavy atom. The Bertz CT molecular complexity index is 595. The maximum absolute atomic E-state index is 12.0. The fourth-order valence-corrected chi connectivity index (χ4v) is 1.90. The van der Waals surface area contributed by atoms with Crippen LogP contribution in [0.15, 0.2) is 47.3 Å². The summed E-state index contributed by atoms with van der Waals surface area (Å²) >= 11 is 0. The molecule has 1 atom stereocenters. The second kappa shape index (κ2) is 5.56. The molecule has 6 heteroatoms. The molecule has 1 unspecified atom stereocenters. The molecule has 104 valence electrons. The van der Waals surface area contributed by atoms with Gasteiger partial charge in [0.25, 0.3) is 0 Å². The van der Waals surface area contributed by atoms with Crippen molar-refractivity contribution >= 4 is 17.6 Å². The third kappa shape index (κ3) is 2.85. The minimum absolute atomic E-state index is 0.183. The van der Waals surface area contributed by atoms with Crippen LogP contribution in [0.4, 0.5) is 5.69 Å². The highest BCUT2D eigenvalue weighted by Gasteiger charge is 2.37. The van der Waals surface area contributed by atoms with Crippen LogP contribution >= 0.6 is 0 Å². The zero-order valence-corrected chi connectivity index (χ0v) is 10.9. The summed E-state index contributed by atoms with van der Waals surface area (Å²) in [6, 6.07) is 8.67. The average molecular weight is 274 g/mol. The monoisotopic (exact) mass is 274 g/mol. The molecule has 0 bridgehead atoms. The standard InChI is InChI=1S/C14H14N2O4/c1-14(13(18)19,10-5-3-2-4-6-10)7-12(17)16-11-8-15-20-9-11/h2-6,8-9H,7H2,1H3,(H,16,17)(H,18,19).